The Kier molecular flexibility index (Phi) is 6.87. The molecule has 2 aromatic rings. The maximum Gasteiger partial charge on any atom is 0.261 e. The number of benzene rings is 2. The fourth-order valence-electron chi connectivity index (χ4n) is 2.55. The number of carbonyl (C=O) groups is 1. The number of amides is 1. The van der Waals surface area contributed by atoms with Crippen molar-refractivity contribution in [3.8, 4) is 11.5 Å². The molecular formula is C21H27NO3. The van der Waals surface area contributed by atoms with Crippen molar-refractivity contribution in [2.75, 3.05) is 6.61 Å². The third-order valence-corrected chi connectivity index (χ3v) is 4.00. The third kappa shape index (κ3) is 5.24. The molecule has 1 amide bonds. The normalized spacial score (nSPS) is 11.7. The minimum Gasteiger partial charge on any atom is -0.494 e. The van der Waals surface area contributed by atoms with Crippen LogP contribution >= 0.6 is 0 Å². The Hall–Kier alpha value is -2.49. The molecule has 134 valence electrons. The van der Waals surface area contributed by atoms with Gasteiger partial charge in [0.2, 0.25) is 0 Å². The molecule has 0 aliphatic carbocycles. The molecule has 4 nitrogen and oxygen atoms in total. The Bertz CT molecular complexity index is 712. The van der Waals surface area contributed by atoms with Crippen LogP contribution in [-0.4, -0.2) is 18.6 Å². The summed E-state index contributed by atoms with van der Waals surface area (Å²) in [5.74, 6) is 1.44. The molecule has 0 bridgehead atoms. The molecule has 0 aliphatic heterocycles. The first-order valence-electron chi connectivity index (χ1n) is 8.77. The third-order valence-electron chi connectivity index (χ3n) is 4.00. The van der Waals surface area contributed by atoms with Crippen molar-refractivity contribution < 1.29 is 14.3 Å². The molecule has 1 atom stereocenters. The van der Waals surface area contributed by atoms with Crippen LogP contribution in [0.15, 0.2) is 42.5 Å². The quantitative estimate of drug-likeness (QED) is 0.784. The predicted molar refractivity (Wildman–Crippen MR) is 100 cm³/mol. The van der Waals surface area contributed by atoms with Crippen LogP contribution in [0.1, 0.15) is 37.0 Å². The van der Waals surface area contributed by atoms with Crippen LogP contribution in [0.5, 0.6) is 11.5 Å². The molecule has 0 fully saturated rings. The molecule has 1 N–H and O–H groups in total. The molecule has 2 aromatic carbocycles. The highest BCUT2D eigenvalue weighted by molar-refractivity contribution is 5.81. The summed E-state index contributed by atoms with van der Waals surface area (Å²) in [6.07, 6.45) is 0.0894. The second-order valence-electron chi connectivity index (χ2n) is 6.04. The molecule has 0 aromatic heterocycles. The molecule has 4 heteroatoms. The number of hydrogen-bond acceptors (Lipinski definition) is 3. The van der Waals surface area contributed by atoms with Gasteiger partial charge in [-0.2, -0.15) is 0 Å². The highest BCUT2D eigenvalue weighted by Crippen LogP contribution is 2.22. The van der Waals surface area contributed by atoms with Crippen molar-refractivity contribution >= 4 is 5.91 Å². The van der Waals surface area contributed by atoms with Gasteiger partial charge in [-0.3, -0.25) is 4.79 Å². The van der Waals surface area contributed by atoms with Gasteiger partial charge in [-0.15, -0.1) is 0 Å². The molecule has 0 unspecified atom stereocenters. The Labute approximate surface area is 150 Å². The maximum atomic E-state index is 12.5. The second-order valence-corrected chi connectivity index (χ2v) is 6.04. The van der Waals surface area contributed by atoms with E-state index in [0.29, 0.717) is 19.6 Å². The SMILES string of the molecule is CCOc1ccccc1CNC(=O)[C@@H](CC)Oc1cc(C)ccc1C. The zero-order valence-electron chi connectivity index (χ0n) is 15.5. The van der Waals surface area contributed by atoms with Gasteiger partial charge in [0, 0.05) is 12.1 Å². The molecular weight excluding hydrogens is 314 g/mol. The minimum absolute atomic E-state index is 0.116. The average Bonchev–Trinajstić information content (AvgIpc) is 2.61. The fraction of sp³-hybridized carbons (Fsp3) is 0.381. The van der Waals surface area contributed by atoms with Crippen LogP contribution < -0.4 is 14.8 Å². The average molecular weight is 341 g/mol. The Morgan fingerprint density at radius 3 is 2.56 bits per heavy atom. The van der Waals surface area contributed by atoms with Gasteiger partial charge in [0.05, 0.1) is 6.61 Å². The van der Waals surface area contributed by atoms with Gasteiger partial charge in [0.1, 0.15) is 11.5 Å². The van der Waals surface area contributed by atoms with Crippen molar-refractivity contribution in [2.45, 2.75) is 46.8 Å². The Balaban J connectivity index is 2.02. The van der Waals surface area contributed by atoms with Crippen LogP contribution in [0.3, 0.4) is 0 Å². The number of rotatable bonds is 8. The van der Waals surface area contributed by atoms with Gasteiger partial charge < -0.3 is 14.8 Å². The fourth-order valence-corrected chi connectivity index (χ4v) is 2.55. The van der Waals surface area contributed by atoms with E-state index in [4.69, 9.17) is 9.47 Å². The summed E-state index contributed by atoms with van der Waals surface area (Å²) in [5, 5.41) is 2.96. The molecule has 0 saturated heterocycles. The van der Waals surface area contributed by atoms with Crippen LogP contribution in [0.25, 0.3) is 0 Å². The van der Waals surface area contributed by atoms with Crippen molar-refractivity contribution in [1.82, 2.24) is 5.32 Å². The molecule has 0 saturated carbocycles. The molecule has 0 spiro atoms. The molecule has 25 heavy (non-hydrogen) atoms. The van der Waals surface area contributed by atoms with Gasteiger partial charge in [-0.25, -0.2) is 0 Å². The van der Waals surface area contributed by atoms with Crippen LogP contribution in [-0.2, 0) is 11.3 Å². The van der Waals surface area contributed by atoms with E-state index in [-0.39, 0.29) is 5.91 Å². The van der Waals surface area contributed by atoms with Crippen LogP contribution in [0.4, 0.5) is 0 Å². The summed E-state index contributed by atoms with van der Waals surface area (Å²) in [6.45, 7) is 8.90. The van der Waals surface area contributed by atoms with E-state index in [0.717, 1.165) is 28.2 Å². The zero-order chi connectivity index (χ0) is 18.2. The summed E-state index contributed by atoms with van der Waals surface area (Å²) in [5.41, 5.74) is 3.10. The lowest BCUT2D eigenvalue weighted by atomic mass is 10.1. The van der Waals surface area contributed by atoms with E-state index in [1.807, 2.05) is 70.2 Å². The number of nitrogens with one attached hydrogen (secondary N) is 1. The van der Waals surface area contributed by atoms with Gasteiger partial charge in [0.25, 0.3) is 5.91 Å². The highest BCUT2D eigenvalue weighted by atomic mass is 16.5. The number of para-hydroxylation sites is 1. The first-order valence-corrected chi connectivity index (χ1v) is 8.77. The molecule has 0 radical (unpaired) electrons. The van der Waals surface area contributed by atoms with E-state index in [9.17, 15) is 4.79 Å². The second kappa shape index (κ2) is 9.11. The number of hydrogen-bond donors (Lipinski definition) is 1. The monoisotopic (exact) mass is 341 g/mol. The predicted octanol–water partition coefficient (Wildman–Crippen LogP) is 4.18. The number of aryl methyl sites for hydroxylation is 2. The van der Waals surface area contributed by atoms with Gasteiger partial charge in [0.15, 0.2) is 6.10 Å². The number of ether oxygens (including phenoxy) is 2. The summed E-state index contributed by atoms with van der Waals surface area (Å²) >= 11 is 0. The van der Waals surface area contributed by atoms with E-state index in [1.54, 1.807) is 0 Å². The minimum atomic E-state index is -0.514. The standard InChI is InChI=1S/C21H27NO3/c1-5-18(25-20-13-15(3)11-12-16(20)4)21(23)22-14-17-9-7-8-10-19(17)24-6-2/h7-13,18H,5-6,14H2,1-4H3,(H,22,23)/t18-/m1/s1. The van der Waals surface area contributed by atoms with Gasteiger partial charge >= 0.3 is 0 Å². The van der Waals surface area contributed by atoms with E-state index in [2.05, 4.69) is 5.32 Å². The number of carbonyl (C=O) groups excluding carboxylic acids is 1. The Morgan fingerprint density at radius 1 is 1.08 bits per heavy atom. The zero-order valence-corrected chi connectivity index (χ0v) is 15.5. The topological polar surface area (TPSA) is 47.6 Å². The molecule has 0 aliphatic rings. The molecule has 0 heterocycles. The summed E-state index contributed by atoms with van der Waals surface area (Å²) in [4.78, 5) is 12.5. The van der Waals surface area contributed by atoms with Crippen LogP contribution in [0.2, 0.25) is 0 Å². The van der Waals surface area contributed by atoms with Crippen molar-refractivity contribution in [3.05, 3.63) is 59.2 Å². The van der Waals surface area contributed by atoms with E-state index in [1.165, 1.54) is 0 Å². The van der Waals surface area contributed by atoms with Gasteiger partial charge in [-0.05, 0) is 50.5 Å². The van der Waals surface area contributed by atoms with Crippen LogP contribution in [0, 0.1) is 13.8 Å². The van der Waals surface area contributed by atoms with Crippen molar-refractivity contribution in [3.63, 3.8) is 0 Å². The van der Waals surface area contributed by atoms with Gasteiger partial charge in [-0.1, -0.05) is 37.3 Å². The molecule has 2 rings (SSSR count). The van der Waals surface area contributed by atoms with Crippen molar-refractivity contribution in [1.29, 1.82) is 0 Å². The Morgan fingerprint density at radius 2 is 1.84 bits per heavy atom. The largest absolute Gasteiger partial charge is 0.494 e. The smallest absolute Gasteiger partial charge is 0.261 e. The summed E-state index contributed by atoms with van der Waals surface area (Å²) in [6, 6.07) is 13.7. The lowest BCUT2D eigenvalue weighted by Gasteiger charge is -2.19. The summed E-state index contributed by atoms with van der Waals surface area (Å²) in [7, 11) is 0. The first kappa shape index (κ1) is 18.8. The lowest BCUT2D eigenvalue weighted by Crippen LogP contribution is -2.37. The maximum absolute atomic E-state index is 12.5. The van der Waals surface area contributed by atoms with E-state index < -0.39 is 6.10 Å². The summed E-state index contributed by atoms with van der Waals surface area (Å²) < 4.78 is 11.6. The highest BCUT2D eigenvalue weighted by Gasteiger charge is 2.19. The van der Waals surface area contributed by atoms with E-state index >= 15 is 0 Å². The van der Waals surface area contributed by atoms with Crippen molar-refractivity contribution in [2.24, 2.45) is 0 Å². The first-order chi connectivity index (χ1) is 12.0. The lowest BCUT2D eigenvalue weighted by molar-refractivity contribution is -0.128.